The normalized spacial score (nSPS) is 20.8. The van der Waals surface area contributed by atoms with Gasteiger partial charge in [0, 0.05) is 19.6 Å². The highest BCUT2D eigenvalue weighted by Gasteiger charge is 2.17. The zero-order valence-corrected chi connectivity index (χ0v) is 9.67. The SMILES string of the molecule is Oc1cccc2cnc(CC3CCCOC3)n12. The Kier molecular flexibility index (Phi) is 2.73. The van der Waals surface area contributed by atoms with Crippen molar-refractivity contribution in [2.24, 2.45) is 5.92 Å². The molecule has 4 nitrogen and oxygen atoms in total. The number of fused-ring (bicyclic) bond motifs is 1. The first-order chi connectivity index (χ1) is 8.34. The fraction of sp³-hybridized carbons (Fsp3) is 0.462. The van der Waals surface area contributed by atoms with Crippen LogP contribution in [-0.2, 0) is 11.2 Å². The molecule has 3 heterocycles. The Balaban J connectivity index is 1.89. The molecule has 1 aliphatic heterocycles. The Morgan fingerprint density at radius 1 is 1.47 bits per heavy atom. The van der Waals surface area contributed by atoms with Crippen molar-refractivity contribution in [3.05, 3.63) is 30.2 Å². The Labute approximate surface area is 99.9 Å². The lowest BCUT2D eigenvalue weighted by Gasteiger charge is -2.21. The molecule has 2 aromatic rings. The molecule has 0 spiro atoms. The highest BCUT2D eigenvalue weighted by molar-refractivity contribution is 5.48. The molecular formula is C13H16N2O2. The van der Waals surface area contributed by atoms with Gasteiger partial charge in [-0.2, -0.15) is 0 Å². The fourth-order valence-corrected chi connectivity index (χ4v) is 2.47. The zero-order valence-electron chi connectivity index (χ0n) is 9.67. The van der Waals surface area contributed by atoms with Gasteiger partial charge in [0.25, 0.3) is 0 Å². The van der Waals surface area contributed by atoms with Crippen molar-refractivity contribution in [3.63, 3.8) is 0 Å². The molecule has 0 saturated carbocycles. The molecule has 0 amide bonds. The first-order valence-corrected chi connectivity index (χ1v) is 6.06. The highest BCUT2D eigenvalue weighted by Crippen LogP contribution is 2.22. The lowest BCUT2D eigenvalue weighted by molar-refractivity contribution is 0.0542. The second-order valence-electron chi connectivity index (χ2n) is 4.61. The van der Waals surface area contributed by atoms with E-state index in [0.717, 1.165) is 37.4 Å². The van der Waals surface area contributed by atoms with Gasteiger partial charge >= 0.3 is 0 Å². The van der Waals surface area contributed by atoms with Gasteiger partial charge in [0.2, 0.25) is 0 Å². The average molecular weight is 232 g/mol. The minimum Gasteiger partial charge on any atom is -0.494 e. The molecule has 4 heteroatoms. The van der Waals surface area contributed by atoms with Crippen molar-refractivity contribution >= 4 is 5.52 Å². The standard InChI is InChI=1S/C13H16N2O2/c16-13-5-1-4-11-8-14-12(15(11)13)7-10-3-2-6-17-9-10/h1,4-5,8,10,16H,2-3,6-7,9H2. The number of hydrogen-bond acceptors (Lipinski definition) is 3. The quantitative estimate of drug-likeness (QED) is 0.861. The van der Waals surface area contributed by atoms with E-state index in [9.17, 15) is 5.11 Å². The summed E-state index contributed by atoms with van der Waals surface area (Å²) in [6.07, 6.45) is 4.98. The van der Waals surface area contributed by atoms with Crippen molar-refractivity contribution in [1.82, 2.24) is 9.38 Å². The van der Waals surface area contributed by atoms with E-state index in [2.05, 4.69) is 4.98 Å². The number of aromatic hydroxyl groups is 1. The van der Waals surface area contributed by atoms with E-state index < -0.39 is 0 Å². The number of ether oxygens (including phenoxy) is 1. The number of hydrogen-bond donors (Lipinski definition) is 1. The Morgan fingerprint density at radius 3 is 3.24 bits per heavy atom. The molecule has 17 heavy (non-hydrogen) atoms. The third-order valence-corrected chi connectivity index (χ3v) is 3.33. The van der Waals surface area contributed by atoms with E-state index >= 15 is 0 Å². The van der Waals surface area contributed by atoms with E-state index in [0.29, 0.717) is 5.92 Å². The van der Waals surface area contributed by atoms with Gasteiger partial charge < -0.3 is 9.84 Å². The van der Waals surface area contributed by atoms with E-state index in [4.69, 9.17) is 4.74 Å². The molecule has 0 radical (unpaired) electrons. The third kappa shape index (κ3) is 2.00. The molecular weight excluding hydrogens is 216 g/mol. The van der Waals surface area contributed by atoms with Crippen LogP contribution in [-0.4, -0.2) is 27.7 Å². The van der Waals surface area contributed by atoms with Gasteiger partial charge in [-0.15, -0.1) is 0 Å². The van der Waals surface area contributed by atoms with Crippen LogP contribution in [0.1, 0.15) is 18.7 Å². The van der Waals surface area contributed by atoms with E-state index in [-0.39, 0.29) is 5.88 Å². The summed E-state index contributed by atoms with van der Waals surface area (Å²) in [5, 5.41) is 9.86. The predicted octanol–water partition coefficient (Wildman–Crippen LogP) is 2.01. The predicted molar refractivity (Wildman–Crippen MR) is 64.1 cm³/mol. The Bertz CT molecular complexity index is 515. The number of aromatic nitrogens is 2. The van der Waals surface area contributed by atoms with Crippen LogP contribution in [0.3, 0.4) is 0 Å². The van der Waals surface area contributed by atoms with Gasteiger partial charge in [0.05, 0.1) is 11.7 Å². The monoisotopic (exact) mass is 232 g/mol. The summed E-state index contributed by atoms with van der Waals surface area (Å²) in [4.78, 5) is 4.40. The van der Waals surface area contributed by atoms with Crippen LogP contribution in [0.4, 0.5) is 0 Å². The fourth-order valence-electron chi connectivity index (χ4n) is 2.47. The summed E-state index contributed by atoms with van der Waals surface area (Å²) in [6, 6.07) is 5.48. The summed E-state index contributed by atoms with van der Waals surface area (Å²) in [7, 11) is 0. The zero-order chi connectivity index (χ0) is 11.7. The lowest BCUT2D eigenvalue weighted by atomic mass is 9.98. The van der Waals surface area contributed by atoms with Gasteiger partial charge in [-0.3, -0.25) is 4.40 Å². The summed E-state index contributed by atoms with van der Waals surface area (Å²) < 4.78 is 7.29. The molecule has 3 rings (SSSR count). The topological polar surface area (TPSA) is 46.8 Å². The van der Waals surface area contributed by atoms with Crippen molar-refractivity contribution in [2.75, 3.05) is 13.2 Å². The Morgan fingerprint density at radius 2 is 2.41 bits per heavy atom. The second kappa shape index (κ2) is 4.37. The maximum Gasteiger partial charge on any atom is 0.197 e. The molecule has 1 aliphatic rings. The van der Waals surface area contributed by atoms with E-state index in [1.165, 1.54) is 6.42 Å². The van der Waals surface area contributed by atoms with Crippen molar-refractivity contribution in [1.29, 1.82) is 0 Å². The van der Waals surface area contributed by atoms with Crippen molar-refractivity contribution in [3.8, 4) is 5.88 Å². The summed E-state index contributed by atoms with van der Waals surface area (Å²) in [6.45, 7) is 1.69. The molecule has 1 N–H and O–H groups in total. The molecule has 0 aliphatic carbocycles. The summed E-state index contributed by atoms with van der Waals surface area (Å²) in [5.74, 6) is 1.70. The maximum atomic E-state index is 9.86. The van der Waals surface area contributed by atoms with Gasteiger partial charge in [-0.1, -0.05) is 6.07 Å². The lowest BCUT2D eigenvalue weighted by Crippen LogP contribution is -2.20. The number of imidazole rings is 1. The van der Waals surface area contributed by atoms with Crippen LogP contribution < -0.4 is 0 Å². The average Bonchev–Trinajstić information content (AvgIpc) is 2.75. The van der Waals surface area contributed by atoms with Crippen molar-refractivity contribution in [2.45, 2.75) is 19.3 Å². The number of pyridine rings is 1. The van der Waals surface area contributed by atoms with Crippen LogP contribution in [0.2, 0.25) is 0 Å². The second-order valence-corrected chi connectivity index (χ2v) is 4.61. The number of rotatable bonds is 2. The first-order valence-electron chi connectivity index (χ1n) is 6.06. The largest absolute Gasteiger partial charge is 0.494 e. The molecule has 1 fully saturated rings. The van der Waals surface area contributed by atoms with Crippen molar-refractivity contribution < 1.29 is 9.84 Å². The van der Waals surface area contributed by atoms with E-state index in [1.54, 1.807) is 12.3 Å². The number of nitrogens with zero attached hydrogens (tertiary/aromatic N) is 2. The molecule has 2 aromatic heterocycles. The van der Waals surface area contributed by atoms with Crippen LogP contribution in [0.5, 0.6) is 5.88 Å². The molecule has 1 unspecified atom stereocenters. The van der Waals surface area contributed by atoms with Crippen LogP contribution >= 0.6 is 0 Å². The van der Waals surface area contributed by atoms with Gasteiger partial charge in [-0.05, 0) is 30.9 Å². The molecule has 0 aromatic carbocycles. The minimum absolute atomic E-state index is 0.256. The maximum absolute atomic E-state index is 9.86. The minimum atomic E-state index is 0.256. The summed E-state index contributed by atoms with van der Waals surface area (Å²) in [5.41, 5.74) is 0.941. The summed E-state index contributed by atoms with van der Waals surface area (Å²) >= 11 is 0. The highest BCUT2D eigenvalue weighted by atomic mass is 16.5. The third-order valence-electron chi connectivity index (χ3n) is 3.33. The van der Waals surface area contributed by atoms with Crippen LogP contribution in [0.25, 0.3) is 5.52 Å². The van der Waals surface area contributed by atoms with Crippen LogP contribution in [0, 0.1) is 5.92 Å². The van der Waals surface area contributed by atoms with Gasteiger partial charge in [0.15, 0.2) is 5.88 Å². The van der Waals surface area contributed by atoms with Gasteiger partial charge in [-0.25, -0.2) is 4.98 Å². The smallest absolute Gasteiger partial charge is 0.197 e. The Hall–Kier alpha value is -1.55. The molecule has 0 bridgehead atoms. The molecule has 1 saturated heterocycles. The van der Waals surface area contributed by atoms with E-state index in [1.807, 2.05) is 16.5 Å². The molecule has 90 valence electrons. The molecule has 1 atom stereocenters. The van der Waals surface area contributed by atoms with Gasteiger partial charge in [0.1, 0.15) is 5.82 Å². The van der Waals surface area contributed by atoms with Crippen LogP contribution in [0.15, 0.2) is 24.4 Å². The first kappa shape index (κ1) is 10.6.